The maximum Gasteiger partial charge on any atom is 0.251 e. The summed E-state index contributed by atoms with van der Waals surface area (Å²) in [5.74, 6) is 1.29. The highest BCUT2D eigenvalue weighted by atomic mass is 35.5. The monoisotopic (exact) mass is 435 g/mol. The summed E-state index contributed by atoms with van der Waals surface area (Å²) in [5, 5.41) is 12.0. The van der Waals surface area contributed by atoms with E-state index in [1.165, 1.54) is 0 Å². The van der Waals surface area contributed by atoms with Gasteiger partial charge >= 0.3 is 0 Å². The van der Waals surface area contributed by atoms with Crippen molar-refractivity contribution in [3.8, 4) is 0 Å². The van der Waals surface area contributed by atoms with Crippen LogP contribution in [0.1, 0.15) is 27.6 Å². The Morgan fingerprint density at radius 3 is 2.68 bits per heavy atom. The Morgan fingerprint density at radius 1 is 1.03 bits per heavy atom. The van der Waals surface area contributed by atoms with Crippen LogP contribution in [-0.2, 0) is 24.3 Å². The average Bonchev–Trinajstić information content (AvgIpc) is 3.05. The normalized spacial score (nSPS) is 13.6. The van der Waals surface area contributed by atoms with E-state index in [4.69, 9.17) is 11.6 Å². The van der Waals surface area contributed by atoms with Gasteiger partial charge in [-0.1, -0.05) is 41.9 Å². The van der Waals surface area contributed by atoms with Crippen molar-refractivity contribution in [1.29, 1.82) is 0 Å². The first-order valence-electron chi connectivity index (χ1n) is 10.1. The number of aromatic nitrogens is 3. The number of carbonyl (C=O) groups is 2. The predicted molar refractivity (Wildman–Crippen MR) is 118 cm³/mol. The summed E-state index contributed by atoms with van der Waals surface area (Å²) in [5.41, 5.74) is 1.48. The van der Waals surface area contributed by atoms with E-state index in [0.717, 1.165) is 11.4 Å². The van der Waals surface area contributed by atoms with Crippen molar-refractivity contribution in [2.75, 3.05) is 13.1 Å². The SMILES string of the molecule is O=C(NCc1nnc2n1CCN(C(=O)/C=C/c1cccc(Cl)c1)CC2)c1ccccc1. The van der Waals surface area contributed by atoms with Crippen LogP contribution in [0.4, 0.5) is 0 Å². The largest absolute Gasteiger partial charge is 0.345 e. The van der Waals surface area contributed by atoms with Crippen molar-refractivity contribution in [2.45, 2.75) is 19.5 Å². The van der Waals surface area contributed by atoms with Gasteiger partial charge in [0.25, 0.3) is 5.91 Å². The molecule has 2 amide bonds. The molecule has 8 heteroatoms. The molecule has 0 radical (unpaired) electrons. The molecule has 0 saturated heterocycles. The van der Waals surface area contributed by atoms with Crippen LogP contribution in [0.5, 0.6) is 0 Å². The Morgan fingerprint density at radius 2 is 1.87 bits per heavy atom. The number of nitrogens with zero attached hydrogens (tertiary/aromatic N) is 4. The van der Waals surface area contributed by atoms with Gasteiger partial charge < -0.3 is 14.8 Å². The minimum Gasteiger partial charge on any atom is -0.345 e. The van der Waals surface area contributed by atoms with Gasteiger partial charge in [0.15, 0.2) is 5.82 Å². The van der Waals surface area contributed by atoms with Gasteiger partial charge in [-0.2, -0.15) is 0 Å². The van der Waals surface area contributed by atoms with Crippen LogP contribution < -0.4 is 5.32 Å². The van der Waals surface area contributed by atoms with Gasteiger partial charge in [0, 0.05) is 42.7 Å². The Hall–Kier alpha value is -3.45. The Kier molecular flexibility index (Phi) is 6.43. The second-order valence-corrected chi connectivity index (χ2v) is 7.63. The number of hydrogen-bond donors (Lipinski definition) is 1. The minimum atomic E-state index is -0.158. The third-order valence-electron chi connectivity index (χ3n) is 5.12. The van der Waals surface area contributed by atoms with Crippen LogP contribution in [-0.4, -0.2) is 44.6 Å². The summed E-state index contributed by atoms with van der Waals surface area (Å²) in [6.45, 7) is 1.97. The number of hydrogen-bond acceptors (Lipinski definition) is 4. The molecule has 0 atom stereocenters. The number of amides is 2. The number of rotatable bonds is 5. The summed E-state index contributed by atoms with van der Waals surface area (Å²) < 4.78 is 1.99. The Bertz CT molecular complexity index is 1110. The number of nitrogens with one attached hydrogen (secondary N) is 1. The molecule has 1 aliphatic heterocycles. The fourth-order valence-corrected chi connectivity index (χ4v) is 3.67. The number of benzene rings is 2. The first kappa shape index (κ1) is 20.8. The van der Waals surface area contributed by atoms with E-state index in [1.807, 2.05) is 41.0 Å². The molecule has 0 spiro atoms. The zero-order valence-corrected chi connectivity index (χ0v) is 17.6. The van der Waals surface area contributed by atoms with Crippen molar-refractivity contribution < 1.29 is 9.59 Å². The average molecular weight is 436 g/mol. The highest BCUT2D eigenvalue weighted by Crippen LogP contribution is 2.13. The van der Waals surface area contributed by atoms with Gasteiger partial charge in [-0.15, -0.1) is 10.2 Å². The van der Waals surface area contributed by atoms with Gasteiger partial charge in [-0.3, -0.25) is 9.59 Å². The fourth-order valence-electron chi connectivity index (χ4n) is 3.47. The summed E-state index contributed by atoms with van der Waals surface area (Å²) in [6, 6.07) is 16.4. The van der Waals surface area contributed by atoms with E-state index < -0.39 is 0 Å². The van der Waals surface area contributed by atoms with E-state index in [0.29, 0.717) is 42.5 Å². The maximum atomic E-state index is 12.6. The molecular formula is C23H22ClN5O2. The van der Waals surface area contributed by atoms with Crippen LogP contribution in [0.15, 0.2) is 60.7 Å². The molecule has 0 fully saturated rings. The number of carbonyl (C=O) groups excluding carboxylic acids is 2. The molecule has 2 aromatic carbocycles. The molecule has 2 heterocycles. The molecule has 0 saturated carbocycles. The lowest BCUT2D eigenvalue weighted by Gasteiger charge is -2.18. The van der Waals surface area contributed by atoms with Crippen molar-refractivity contribution in [3.05, 3.63) is 88.5 Å². The van der Waals surface area contributed by atoms with Gasteiger partial charge in [-0.05, 0) is 35.9 Å². The first-order chi connectivity index (χ1) is 15.1. The van der Waals surface area contributed by atoms with Crippen LogP contribution >= 0.6 is 11.6 Å². The molecule has 3 aromatic rings. The summed E-state index contributed by atoms with van der Waals surface area (Å²) in [4.78, 5) is 26.7. The van der Waals surface area contributed by atoms with E-state index in [2.05, 4.69) is 15.5 Å². The number of fused-ring (bicyclic) bond motifs is 1. The lowest BCUT2D eigenvalue weighted by atomic mass is 10.2. The topological polar surface area (TPSA) is 80.1 Å². The molecule has 0 aliphatic carbocycles. The third-order valence-corrected chi connectivity index (χ3v) is 5.36. The van der Waals surface area contributed by atoms with Crippen LogP contribution in [0.2, 0.25) is 5.02 Å². The van der Waals surface area contributed by atoms with E-state index in [1.54, 1.807) is 35.3 Å². The molecule has 0 bridgehead atoms. The lowest BCUT2D eigenvalue weighted by Crippen LogP contribution is -2.32. The highest BCUT2D eigenvalue weighted by Gasteiger charge is 2.21. The lowest BCUT2D eigenvalue weighted by molar-refractivity contribution is -0.125. The fraction of sp³-hybridized carbons (Fsp3) is 0.217. The molecule has 158 valence electrons. The van der Waals surface area contributed by atoms with E-state index >= 15 is 0 Å². The van der Waals surface area contributed by atoms with Crippen LogP contribution in [0.25, 0.3) is 6.08 Å². The third kappa shape index (κ3) is 5.19. The molecule has 1 aromatic heterocycles. The zero-order valence-electron chi connectivity index (χ0n) is 16.9. The van der Waals surface area contributed by atoms with Crippen molar-refractivity contribution in [2.24, 2.45) is 0 Å². The maximum absolute atomic E-state index is 12.6. The Labute approximate surface area is 185 Å². The molecular weight excluding hydrogens is 414 g/mol. The molecule has 4 rings (SSSR count). The molecule has 1 N–H and O–H groups in total. The molecule has 31 heavy (non-hydrogen) atoms. The smallest absolute Gasteiger partial charge is 0.251 e. The van der Waals surface area contributed by atoms with Gasteiger partial charge in [-0.25, -0.2) is 0 Å². The van der Waals surface area contributed by atoms with Crippen molar-refractivity contribution in [3.63, 3.8) is 0 Å². The molecule has 7 nitrogen and oxygen atoms in total. The summed E-state index contributed by atoms with van der Waals surface area (Å²) in [6.07, 6.45) is 3.94. The van der Waals surface area contributed by atoms with E-state index in [-0.39, 0.29) is 18.4 Å². The minimum absolute atomic E-state index is 0.0578. The predicted octanol–water partition coefficient (Wildman–Crippen LogP) is 2.96. The second-order valence-electron chi connectivity index (χ2n) is 7.20. The Balaban J connectivity index is 1.36. The number of halogens is 1. The molecule has 1 aliphatic rings. The first-order valence-corrected chi connectivity index (χ1v) is 10.4. The van der Waals surface area contributed by atoms with Crippen molar-refractivity contribution >= 4 is 29.5 Å². The van der Waals surface area contributed by atoms with Crippen LogP contribution in [0, 0.1) is 0 Å². The van der Waals surface area contributed by atoms with E-state index in [9.17, 15) is 9.59 Å². The van der Waals surface area contributed by atoms with Gasteiger partial charge in [0.2, 0.25) is 5.91 Å². The quantitative estimate of drug-likeness (QED) is 0.625. The summed E-state index contributed by atoms with van der Waals surface area (Å²) >= 11 is 5.99. The second kappa shape index (κ2) is 9.57. The standard InChI is InChI=1S/C23H22ClN5O2/c24-19-8-4-5-17(15-19)9-10-22(30)28-12-11-20-26-27-21(29(20)14-13-28)16-25-23(31)18-6-2-1-3-7-18/h1-10,15H,11-14,16H2,(H,25,31)/b10-9+. The molecule has 0 unspecified atom stereocenters. The van der Waals surface area contributed by atoms with Crippen molar-refractivity contribution in [1.82, 2.24) is 25.0 Å². The zero-order chi connectivity index (χ0) is 21.6. The van der Waals surface area contributed by atoms with Gasteiger partial charge in [0.1, 0.15) is 5.82 Å². The van der Waals surface area contributed by atoms with Gasteiger partial charge in [0.05, 0.1) is 6.54 Å². The van der Waals surface area contributed by atoms with Crippen LogP contribution in [0.3, 0.4) is 0 Å². The summed E-state index contributed by atoms with van der Waals surface area (Å²) in [7, 11) is 0. The highest BCUT2D eigenvalue weighted by molar-refractivity contribution is 6.30.